The number of anilines is 1. The number of rotatable bonds is 7. The van der Waals surface area contributed by atoms with Gasteiger partial charge < -0.3 is 15.4 Å². The second-order valence-corrected chi connectivity index (χ2v) is 13.1. The van der Waals surface area contributed by atoms with Crippen LogP contribution in [0.2, 0.25) is 5.02 Å². The maximum absolute atomic E-state index is 14.3. The number of amides is 2. The lowest BCUT2D eigenvalue weighted by Crippen LogP contribution is -2.43. The normalized spacial score (nSPS) is 12.9. The minimum absolute atomic E-state index is 0.0605. The SMILES string of the molecule is COC(=O)CSc1cc(N=c2sc(=O)n3n2CCCC3)c(F)cc1Cl.Cc1ccc(NC(=O)NC(C)(C)c2ccccc2)cc1. The topological polar surface area (TPSA) is 107 Å². The lowest BCUT2D eigenvalue weighted by Gasteiger charge is -2.27. The number of benzene rings is 3. The molecular weight excluding hydrogens is 637 g/mol. The number of aromatic nitrogens is 2. The summed E-state index contributed by atoms with van der Waals surface area (Å²) in [6.45, 7) is 7.31. The van der Waals surface area contributed by atoms with Crippen molar-refractivity contribution in [1.82, 2.24) is 14.7 Å². The molecule has 5 rings (SSSR count). The number of nitrogens with one attached hydrogen (secondary N) is 2. The van der Waals surface area contributed by atoms with E-state index in [2.05, 4.69) is 20.4 Å². The predicted octanol–water partition coefficient (Wildman–Crippen LogP) is 6.85. The lowest BCUT2D eigenvalue weighted by molar-refractivity contribution is -0.137. The molecule has 1 aliphatic heterocycles. The summed E-state index contributed by atoms with van der Waals surface area (Å²) in [6, 6.07) is 20.1. The van der Waals surface area contributed by atoms with E-state index >= 15 is 0 Å². The van der Waals surface area contributed by atoms with E-state index in [1.807, 2.05) is 75.4 Å². The largest absolute Gasteiger partial charge is 0.468 e. The summed E-state index contributed by atoms with van der Waals surface area (Å²) in [7, 11) is 1.30. The highest BCUT2D eigenvalue weighted by molar-refractivity contribution is 8.00. The van der Waals surface area contributed by atoms with Gasteiger partial charge in [-0.1, -0.05) is 59.6 Å². The first kappa shape index (κ1) is 34.0. The summed E-state index contributed by atoms with van der Waals surface area (Å²) < 4.78 is 22.3. The highest BCUT2D eigenvalue weighted by atomic mass is 35.5. The van der Waals surface area contributed by atoms with E-state index < -0.39 is 17.3 Å². The number of halogens is 2. The fourth-order valence-electron chi connectivity index (χ4n) is 4.44. The molecule has 0 unspecified atom stereocenters. The van der Waals surface area contributed by atoms with Crippen LogP contribution in [-0.2, 0) is 28.2 Å². The Labute approximate surface area is 274 Å². The predicted molar refractivity (Wildman–Crippen MR) is 178 cm³/mol. The molecule has 0 aliphatic carbocycles. The Morgan fingerprint density at radius 3 is 2.40 bits per heavy atom. The molecule has 0 saturated carbocycles. The van der Waals surface area contributed by atoms with Gasteiger partial charge in [-0.05, 0) is 74.8 Å². The monoisotopic (exact) mass is 671 g/mol. The molecule has 45 heavy (non-hydrogen) atoms. The summed E-state index contributed by atoms with van der Waals surface area (Å²) >= 11 is 8.17. The van der Waals surface area contributed by atoms with Gasteiger partial charge in [0, 0.05) is 23.7 Å². The zero-order valence-electron chi connectivity index (χ0n) is 25.4. The second-order valence-electron chi connectivity index (χ2n) is 10.8. The quantitative estimate of drug-likeness (QED) is 0.165. The fourth-order valence-corrected chi connectivity index (χ4v) is 6.43. The van der Waals surface area contributed by atoms with Crippen LogP contribution in [0.3, 0.4) is 0 Å². The van der Waals surface area contributed by atoms with Crippen molar-refractivity contribution in [3.05, 3.63) is 103 Å². The number of hydrogen-bond acceptors (Lipinski definition) is 7. The van der Waals surface area contributed by atoms with Crippen LogP contribution in [0.15, 0.2) is 81.4 Å². The summed E-state index contributed by atoms with van der Waals surface area (Å²) in [5.74, 6) is -0.923. The Balaban J connectivity index is 0.000000210. The van der Waals surface area contributed by atoms with Crippen molar-refractivity contribution < 1.29 is 18.7 Å². The van der Waals surface area contributed by atoms with Gasteiger partial charge in [-0.3, -0.25) is 14.3 Å². The van der Waals surface area contributed by atoms with E-state index in [1.54, 1.807) is 9.36 Å². The first-order valence-electron chi connectivity index (χ1n) is 14.2. The van der Waals surface area contributed by atoms with Crippen molar-refractivity contribution in [2.45, 2.75) is 57.1 Å². The van der Waals surface area contributed by atoms with Crippen LogP contribution in [0.1, 0.15) is 37.8 Å². The van der Waals surface area contributed by atoms with E-state index in [0.717, 1.165) is 53.3 Å². The van der Waals surface area contributed by atoms with Crippen LogP contribution >= 0.6 is 34.7 Å². The maximum Gasteiger partial charge on any atom is 0.325 e. The molecule has 0 fully saturated rings. The molecule has 0 bridgehead atoms. The molecule has 9 nitrogen and oxygen atoms in total. The third-order valence-electron chi connectivity index (χ3n) is 6.91. The number of carbonyl (C=O) groups excluding carboxylic acids is 2. The highest BCUT2D eigenvalue weighted by Crippen LogP contribution is 2.33. The van der Waals surface area contributed by atoms with Crippen LogP contribution in [-0.4, -0.2) is 34.2 Å². The Kier molecular flexibility index (Phi) is 11.7. The van der Waals surface area contributed by atoms with E-state index in [1.165, 1.54) is 18.7 Å². The number of nitrogens with zero attached hydrogens (tertiary/aromatic N) is 3. The minimum Gasteiger partial charge on any atom is -0.468 e. The van der Waals surface area contributed by atoms with Gasteiger partial charge in [-0.2, -0.15) is 0 Å². The molecule has 4 aromatic rings. The summed E-state index contributed by atoms with van der Waals surface area (Å²) in [5, 5.41) is 6.03. The van der Waals surface area contributed by atoms with Gasteiger partial charge in [0.1, 0.15) is 11.5 Å². The molecule has 2 N–H and O–H groups in total. The van der Waals surface area contributed by atoms with Gasteiger partial charge in [-0.15, -0.1) is 11.8 Å². The van der Waals surface area contributed by atoms with Gasteiger partial charge in [0.25, 0.3) is 0 Å². The number of esters is 1. The molecule has 2 heterocycles. The van der Waals surface area contributed by atoms with Gasteiger partial charge in [-0.25, -0.2) is 18.9 Å². The van der Waals surface area contributed by atoms with E-state index in [0.29, 0.717) is 22.8 Å². The molecule has 1 aliphatic rings. The summed E-state index contributed by atoms with van der Waals surface area (Å²) in [4.78, 5) is 40.6. The van der Waals surface area contributed by atoms with E-state index in [4.69, 9.17) is 11.6 Å². The van der Waals surface area contributed by atoms with Gasteiger partial charge >= 0.3 is 16.9 Å². The minimum atomic E-state index is -0.580. The zero-order chi connectivity index (χ0) is 32.6. The van der Waals surface area contributed by atoms with Crippen LogP contribution < -0.4 is 20.3 Å². The molecule has 13 heteroatoms. The Morgan fingerprint density at radius 2 is 1.73 bits per heavy atom. The highest BCUT2D eigenvalue weighted by Gasteiger charge is 2.22. The number of ether oxygens (including phenoxy) is 1. The number of hydrogen-bond donors (Lipinski definition) is 2. The summed E-state index contributed by atoms with van der Waals surface area (Å²) in [6.07, 6.45) is 1.90. The lowest BCUT2D eigenvalue weighted by atomic mass is 9.95. The van der Waals surface area contributed by atoms with E-state index in [9.17, 15) is 18.8 Å². The maximum atomic E-state index is 14.3. The van der Waals surface area contributed by atoms with Crippen molar-refractivity contribution in [3.63, 3.8) is 0 Å². The van der Waals surface area contributed by atoms with Crippen molar-refractivity contribution in [2.24, 2.45) is 4.99 Å². The standard InChI is InChI=1S/C17H20N2O.C15H15ClFN3O3S2/c1-13-9-11-15(12-10-13)18-16(20)19-17(2,3)14-7-5-4-6-8-14;1-23-13(21)8-24-12-7-11(10(17)6-9(12)16)18-14-19-4-2-3-5-20(19)15(22)25-14/h4-12H,1-3H3,(H2,18,19,20);6-7H,2-5,8H2,1H3. The molecule has 0 atom stereocenters. The molecule has 238 valence electrons. The van der Waals surface area contributed by atoms with E-state index in [-0.39, 0.29) is 27.4 Å². The number of urea groups is 1. The molecule has 3 aromatic carbocycles. The van der Waals surface area contributed by atoms with Crippen molar-refractivity contribution in [1.29, 1.82) is 0 Å². The smallest absolute Gasteiger partial charge is 0.325 e. The number of thioether (sulfide) groups is 1. The number of fused-ring (bicyclic) bond motifs is 1. The Morgan fingerprint density at radius 1 is 1.07 bits per heavy atom. The Hall–Kier alpha value is -3.87. The third kappa shape index (κ3) is 9.32. The van der Waals surface area contributed by atoms with Gasteiger partial charge in [0.05, 0.1) is 23.4 Å². The number of aryl methyl sites for hydroxylation is 1. The molecule has 2 amide bonds. The average molecular weight is 672 g/mol. The molecular formula is C32H35ClFN5O4S2. The first-order valence-corrected chi connectivity index (χ1v) is 16.4. The van der Waals surface area contributed by atoms with Gasteiger partial charge in [0.15, 0.2) is 0 Å². The van der Waals surface area contributed by atoms with Gasteiger partial charge in [0.2, 0.25) is 4.80 Å². The first-order chi connectivity index (χ1) is 21.5. The zero-order valence-corrected chi connectivity index (χ0v) is 27.8. The average Bonchev–Trinajstić information content (AvgIpc) is 3.34. The van der Waals surface area contributed by atoms with Crippen LogP contribution in [0.5, 0.6) is 0 Å². The van der Waals surface area contributed by atoms with Crippen molar-refractivity contribution >= 4 is 58.1 Å². The molecule has 0 spiro atoms. The third-order valence-corrected chi connectivity index (χ3v) is 9.24. The molecule has 0 radical (unpaired) electrons. The fraction of sp³-hybridized carbons (Fsp3) is 0.312. The van der Waals surface area contributed by atoms with Crippen LogP contribution in [0.4, 0.5) is 20.6 Å². The van der Waals surface area contributed by atoms with Crippen molar-refractivity contribution in [3.8, 4) is 0 Å². The molecule has 1 aromatic heterocycles. The molecule has 0 saturated heterocycles. The van der Waals surface area contributed by atoms with Crippen molar-refractivity contribution in [2.75, 3.05) is 18.2 Å². The van der Waals surface area contributed by atoms with Crippen LogP contribution in [0, 0.1) is 12.7 Å². The summed E-state index contributed by atoms with van der Waals surface area (Å²) in [5.41, 5.74) is 2.69. The Bertz CT molecular complexity index is 1770. The van der Waals surface area contributed by atoms with Crippen LogP contribution in [0.25, 0.3) is 0 Å². The number of methoxy groups -OCH3 is 1. The second kappa shape index (κ2) is 15.4. The number of carbonyl (C=O) groups is 2.